The lowest BCUT2D eigenvalue weighted by Crippen LogP contribution is -2.17. The smallest absolute Gasteiger partial charge is 0.0556 e. The third kappa shape index (κ3) is 2.93. The van der Waals surface area contributed by atoms with E-state index in [1.165, 1.54) is 5.56 Å². The van der Waals surface area contributed by atoms with Gasteiger partial charge in [0.15, 0.2) is 0 Å². The summed E-state index contributed by atoms with van der Waals surface area (Å²) in [6.45, 7) is 1.62. The lowest BCUT2D eigenvalue weighted by atomic mass is 10.2. The van der Waals surface area contributed by atoms with Crippen LogP contribution < -0.4 is 5.32 Å². The lowest BCUT2D eigenvalue weighted by Gasteiger charge is -2.04. The maximum absolute atomic E-state index is 8.54. The van der Waals surface area contributed by atoms with Crippen molar-refractivity contribution >= 4 is 15.9 Å². The second-order valence-corrected chi connectivity index (χ2v) is 3.35. The number of nitrogens with one attached hydrogen (secondary N) is 1. The number of aliphatic hydroxyl groups excluding tert-OH is 1. The van der Waals surface area contributed by atoms with Crippen LogP contribution in [0.25, 0.3) is 0 Å². The lowest BCUT2D eigenvalue weighted by molar-refractivity contribution is 0.292. The highest BCUT2D eigenvalue weighted by Gasteiger charge is 1.95. The molecule has 2 nitrogen and oxygen atoms in total. The van der Waals surface area contributed by atoms with E-state index in [1.54, 1.807) is 0 Å². The highest BCUT2D eigenvalue weighted by Crippen LogP contribution is 2.14. The van der Waals surface area contributed by atoms with Gasteiger partial charge in [0, 0.05) is 17.6 Å². The minimum Gasteiger partial charge on any atom is -0.395 e. The maximum Gasteiger partial charge on any atom is 0.0556 e. The Labute approximate surface area is 80.7 Å². The molecular weight excluding hydrogens is 218 g/mol. The molecule has 1 aromatic carbocycles. The van der Waals surface area contributed by atoms with E-state index >= 15 is 0 Å². The second-order valence-electron chi connectivity index (χ2n) is 2.49. The fourth-order valence-electron chi connectivity index (χ4n) is 0.944. The number of benzene rings is 1. The van der Waals surface area contributed by atoms with Crippen molar-refractivity contribution in [2.75, 3.05) is 13.2 Å². The summed E-state index contributed by atoms with van der Waals surface area (Å²) in [6.07, 6.45) is 0. The van der Waals surface area contributed by atoms with Gasteiger partial charge in [-0.05, 0) is 11.6 Å². The van der Waals surface area contributed by atoms with Gasteiger partial charge in [0.25, 0.3) is 0 Å². The van der Waals surface area contributed by atoms with E-state index in [9.17, 15) is 0 Å². The molecule has 0 heterocycles. The SMILES string of the molecule is OCCNCc1ccccc1Br. The standard InChI is InChI=1S/C9H12BrNO/c10-9-4-2-1-3-8(9)7-11-5-6-12/h1-4,11-12H,5-7H2. The Hall–Kier alpha value is -0.380. The average Bonchev–Trinajstić information content (AvgIpc) is 2.09. The van der Waals surface area contributed by atoms with Gasteiger partial charge in [0.1, 0.15) is 0 Å². The van der Waals surface area contributed by atoms with Crippen molar-refractivity contribution in [2.45, 2.75) is 6.54 Å². The summed E-state index contributed by atoms with van der Waals surface area (Å²) in [5, 5.41) is 11.7. The van der Waals surface area contributed by atoms with Crippen LogP contribution in [0.3, 0.4) is 0 Å². The fraction of sp³-hybridized carbons (Fsp3) is 0.333. The van der Waals surface area contributed by atoms with Gasteiger partial charge in [0.2, 0.25) is 0 Å². The molecule has 0 aliphatic carbocycles. The van der Waals surface area contributed by atoms with E-state index in [-0.39, 0.29) is 6.61 Å². The number of halogens is 1. The minimum absolute atomic E-state index is 0.185. The maximum atomic E-state index is 8.54. The van der Waals surface area contributed by atoms with Crippen LogP contribution in [-0.4, -0.2) is 18.3 Å². The highest BCUT2D eigenvalue weighted by molar-refractivity contribution is 9.10. The van der Waals surface area contributed by atoms with Crippen molar-refractivity contribution in [3.63, 3.8) is 0 Å². The van der Waals surface area contributed by atoms with Gasteiger partial charge in [-0.15, -0.1) is 0 Å². The van der Waals surface area contributed by atoms with Crippen LogP contribution in [-0.2, 0) is 6.54 Å². The molecule has 0 saturated carbocycles. The normalized spacial score (nSPS) is 10.2. The van der Waals surface area contributed by atoms with Gasteiger partial charge in [-0.2, -0.15) is 0 Å². The molecule has 66 valence electrons. The Morgan fingerprint density at radius 3 is 2.75 bits per heavy atom. The highest BCUT2D eigenvalue weighted by atomic mass is 79.9. The number of aliphatic hydroxyl groups is 1. The Morgan fingerprint density at radius 2 is 2.08 bits per heavy atom. The molecule has 2 N–H and O–H groups in total. The van der Waals surface area contributed by atoms with Gasteiger partial charge >= 0.3 is 0 Å². The molecule has 1 rings (SSSR count). The zero-order valence-electron chi connectivity index (χ0n) is 6.76. The third-order valence-corrected chi connectivity index (χ3v) is 2.34. The van der Waals surface area contributed by atoms with E-state index in [0.717, 1.165) is 11.0 Å². The van der Waals surface area contributed by atoms with Crippen molar-refractivity contribution in [3.8, 4) is 0 Å². The van der Waals surface area contributed by atoms with Crippen LogP contribution in [0.1, 0.15) is 5.56 Å². The Balaban J connectivity index is 2.46. The van der Waals surface area contributed by atoms with Gasteiger partial charge in [0.05, 0.1) is 6.61 Å². The minimum atomic E-state index is 0.185. The first-order valence-electron chi connectivity index (χ1n) is 3.89. The topological polar surface area (TPSA) is 32.3 Å². The van der Waals surface area contributed by atoms with Crippen LogP contribution in [0.4, 0.5) is 0 Å². The zero-order chi connectivity index (χ0) is 8.81. The first-order chi connectivity index (χ1) is 5.84. The number of hydrogen-bond donors (Lipinski definition) is 2. The van der Waals surface area contributed by atoms with E-state index in [1.807, 2.05) is 18.2 Å². The van der Waals surface area contributed by atoms with Gasteiger partial charge in [-0.3, -0.25) is 0 Å². The molecule has 0 radical (unpaired) electrons. The van der Waals surface area contributed by atoms with Crippen molar-refractivity contribution in [1.29, 1.82) is 0 Å². The second kappa shape index (κ2) is 5.30. The molecule has 0 spiro atoms. The molecule has 0 bridgehead atoms. The third-order valence-electron chi connectivity index (χ3n) is 1.56. The summed E-state index contributed by atoms with van der Waals surface area (Å²) >= 11 is 3.45. The molecule has 1 aromatic rings. The van der Waals surface area contributed by atoms with Crippen LogP contribution in [0, 0.1) is 0 Å². The van der Waals surface area contributed by atoms with Crippen molar-refractivity contribution in [1.82, 2.24) is 5.32 Å². The van der Waals surface area contributed by atoms with E-state index in [4.69, 9.17) is 5.11 Å². The van der Waals surface area contributed by atoms with E-state index < -0.39 is 0 Å². The van der Waals surface area contributed by atoms with Crippen molar-refractivity contribution < 1.29 is 5.11 Å². The molecule has 0 amide bonds. The molecule has 0 saturated heterocycles. The number of rotatable bonds is 4. The molecule has 12 heavy (non-hydrogen) atoms. The molecule has 0 aliphatic rings. The predicted octanol–water partition coefficient (Wildman–Crippen LogP) is 1.53. The van der Waals surface area contributed by atoms with Gasteiger partial charge < -0.3 is 10.4 Å². The van der Waals surface area contributed by atoms with Crippen LogP contribution in [0.5, 0.6) is 0 Å². The zero-order valence-corrected chi connectivity index (χ0v) is 8.34. The molecule has 0 aromatic heterocycles. The monoisotopic (exact) mass is 229 g/mol. The van der Waals surface area contributed by atoms with Gasteiger partial charge in [-0.1, -0.05) is 34.1 Å². The van der Waals surface area contributed by atoms with Crippen molar-refractivity contribution in [3.05, 3.63) is 34.3 Å². The van der Waals surface area contributed by atoms with Gasteiger partial charge in [-0.25, -0.2) is 0 Å². The molecule has 0 fully saturated rings. The Kier molecular flexibility index (Phi) is 4.29. The summed E-state index contributed by atoms with van der Waals surface area (Å²) in [5.74, 6) is 0. The van der Waals surface area contributed by atoms with Crippen LogP contribution in [0.15, 0.2) is 28.7 Å². The van der Waals surface area contributed by atoms with E-state index in [2.05, 4.69) is 27.3 Å². The Bertz CT molecular complexity index is 240. The van der Waals surface area contributed by atoms with Crippen molar-refractivity contribution in [2.24, 2.45) is 0 Å². The first kappa shape index (κ1) is 9.71. The van der Waals surface area contributed by atoms with Crippen LogP contribution in [0.2, 0.25) is 0 Å². The average molecular weight is 230 g/mol. The van der Waals surface area contributed by atoms with Crippen LogP contribution >= 0.6 is 15.9 Å². The number of hydrogen-bond acceptors (Lipinski definition) is 2. The quantitative estimate of drug-likeness (QED) is 0.769. The largest absolute Gasteiger partial charge is 0.395 e. The fourth-order valence-corrected chi connectivity index (χ4v) is 1.37. The summed E-state index contributed by atoms with van der Waals surface area (Å²) in [5.41, 5.74) is 1.21. The van der Waals surface area contributed by atoms with E-state index in [0.29, 0.717) is 6.54 Å². The summed E-state index contributed by atoms with van der Waals surface area (Å²) in [7, 11) is 0. The summed E-state index contributed by atoms with van der Waals surface area (Å²) in [4.78, 5) is 0. The molecule has 0 unspecified atom stereocenters. The Morgan fingerprint density at radius 1 is 1.33 bits per heavy atom. The predicted molar refractivity (Wildman–Crippen MR) is 52.9 cm³/mol. The molecule has 0 aliphatic heterocycles. The molecular formula is C9H12BrNO. The first-order valence-corrected chi connectivity index (χ1v) is 4.69. The summed E-state index contributed by atoms with van der Waals surface area (Å²) in [6, 6.07) is 8.05. The summed E-state index contributed by atoms with van der Waals surface area (Å²) < 4.78 is 1.11. The molecule has 3 heteroatoms. The molecule has 0 atom stereocenters.